The first-order chi connectivity index (χ1) is 12.1. The number of hydrogen-bond donors (Lipinski definition) is 0. The van der Waals surface area contributed by atoms with Crippen LogP contribution in [-0.4, -0.2) is 17.9 Å². The van der Waals surface area contributed by atoms with Crippen LogP contribution in [0.15, 0.2) is 71.1 Å². The molecule has 0 saturated carbocycles. The number of nitrogens with zero attached hydrogens (tertiary/aromatic N) is 1. The summed E-state index contributed by atoms with van der Waals surface area (Å²) in [4.78, 5) is 14.2. The molecule has 1 heterocycles. The van der Waals surface area contributed by atoms with Gasteiger partial charge in [-0.05, 0) is 42.8 Å². The van der Waals surface area contributed by atoms with Gasteiger partial charge in [-0.25, -0.2) is 0 Å². The van der Waals surface area contributed by atoms with Crippen LogP contribution in [0.2, 0.25) is 0 Å². The molecule has 0 aliphatic heterocycles. The molecule has 0 radical (unpaired) electrons. The van der Waals surface area contributed by atoms with Gasteiger partial charge >= 0.3 is 0 Å². The number of benzene rings is 2. The molecular formula is C21H21NO3. The molecule has 25 heavy (non-hydrogen) atoms. The number of ether oxygens (including phenoxy) is 1. The molecule has 0 aliphatic rings. The maximum atomic E-state index is 12.6. The third-order valence-electron chi connectivity index (χ3n) is 3.87. The average Bonchev–Trinajstić information content (AvgIpc) is 3.05. The third kappa shape index (κ3) is 4.51. The maximum Gasteiger partial charge on any atom is 0.254 e. The number of carbonyl (C=O) groups excluding carboxylic acids is 1. The Labute approximate surface area is 147 Å². The lowest BCUT2D eigenvalue weighted by Gasteiger charge is -2.16. The minimum atomic E-state index is -0.0702. The summed E-state index contributed by atoms with van der Waals surface area (Å²) in [5.74, 6) is 2.22. The van der Waals surface area contributed by atoms with Crippen molar-refractivity contribution in [3.63, 3.8) is 0 Å². The van der Waals surface area contributed by atoms with Crippen LogP contribution >= 0.6 is 0 Å². The van der Waals surface area contributed by atoms with Gasteiger partial charge in [0.2, 0.25) is 0 Å². The Morgan fingerprint density at radius 2 is 1.84 bits per heavy atom. The van der Waals surface area contributed by atoms with E-state index in [-0.39, 0.29) is 5.91 Å². The summed E-state index contributed by atoms with van der Waals surface area (Å²) >= 11 is 0. The van der Waals surface area contributed by atoms with Crippen LogP contribution in [0.25, 0.3) is 0 Å². The van der Waals surface area contributed by atoms with Crippen molar-refractivity contribution in [2.75, 3.05) is 7.05 Å². The van der Waals surface area contributed by atoms with Gasteiger partial charge in [-0.1, -0.05) is 36.4 Å². The van der Waals surface area contributed by atoms with Gasteiger partial charge in [0.05, 0.1) is 6.54 Å². The fourth-order valence-corrected chi connectivity index (χ4v) is 2.56. The number of hydrogen-bond acceptors (Lipinski definition) is 3. The molecule has 3 rings (SSSR count). The highest BCUT2D eigenvalue weighted by Crippen LogP contribution is 2.17. The van der Waals surface area contributed by atoms with Crippen molar-refractivity contribution >= 4 is 5.91 Å². The second-order valence-corrected chi connectivity index (χ2v) is 5.98. The van der Waals surface area contributed by atoms with E-state index in [0.29, 0.717) is 24.5 Å². The second kappa shape index (κ2) is 7.71. The summed E-state index contributed by atoms with van der Waals surface area (Å²) in [7, 11) is 1.76. The highest BCUT2D eigenvalue weighted by atomic mass is 16.5. The van der Waals surface area contributed by atoms with Crippen LogP contribution in [-0.2, 0) is 13.2 Å². The molecular weight excluding hydrogens is 314 g/mol. The molecule has 0 saturated heterocycles. The summed E-state index contributed by atoms with van der Waals surface area (Å²) in [6, 6.07) is 21.0. The lowest BCUT2D eigenvalue weighted by molar-refractivity contribution is 0.0774. The van der Waals surface area contributed by atoms with E-state index in [2.05, 4.69) is 0 Å². The average molecular weight is 335 g/mol. The zero-order chi connectivity index (χ0) is 17.6. The predicted octanol–water partition coefficient (Wildman–Crippen LogP) is 4.44. The number of furan rings is 1. The summed E-state index contributed by atoms with van der Waals surface area (Å²) in [5.41, 5.74) is 1.68. The van der Waals surface area contributed by atoms with E-state index in [1.807, 2.05) is 61.5 Å². The van der Waals surface area contributed by atoms with Crippen LogP contribution in [0.4, 0.5) is 0 Å². The van der Waals surface area contributed by atoms with Crippen molar-refractivity contribution in [1.82, 2.24) is 4.90 Å². The highest BCUT2D eigenvalue weighted by Gasteiger charge is 2.14. The monoisotopic (exact) mass is 335 g/mol. The number of rotatable bonds is 6. The first-order valence-electron chi connectivity index (χ1n) is 8.19. The summed E-state index contributed by atoms with van der Waals surface area (Å²) in [5, 5.41) is 0. The fraction of sp³-hybridized carbons (Fsp3) is 0.190. The van der Waals surface area contributed by atoms with Gasteiger partial charge in [0.15, 0.2) is 0 Å². The maximum absolute atomic E-state index is 12.6. The summed E-state index contributed by atoms with van der Waals surface area (Å²) < 4.78 is 11.3. The van der Waals surface area contributed by atoms with Crippen molar-refractivity contribution in [1.29, 1.82) is 0 Å². The molecule has 2 aromatic carbocycles. The van der Waals surface area contributed by atoms with E-state index >= 15 is 0 Å². The van der Waals surface area contributed by atoms with Crippen molar-refractivity contribution in [3.8, 4) is 5.75 Å². The standard InChI is InChI=1S/C21H21NO3/c1-16-11-12-20(25-16)14-22(2)21(23)18-9-6-10-19(13-18)24-15-17-7-4-3-5-8-17/h3-13H,14-15H2,1-2H3. The molecule has 128 valence electrons. The molecule has 3 aromatic rings. The van der Waals surface area contributed by atoms with Gasteiger partial charge in [0.25, 0.3) is 5.91 Å². The van der Waals surface area contributed by atoms with Crippen LogP contribution in [0, 0.1) is 6.92 Å². The van der Waals surface area contributed by atoms with Gasteiger partial charge in [-0.3, -0.25) is 4.79 Å². The number of amides is 1. The zero-order valence-corrected chi connectivity index (χ0v) is 14.4. The zero-order valence-electron chi connectivity index (χ0n) is 14.4. The number of aryl methyl sites for hydroxylation is 1. The van der Waals surface area contributed by atoms with Crippen molar-refractivity contribution in [2.45, 2.75) is 20.1 Å². The molecule has 0 fully saturated rings. The van der Waals surface area contributed by atoms with E-state index in [1.54, 1.807) is 24.1 Å². The predicted molar refractivity (Wildman–Crippen MR) is 96.5 cm³/mol. The first kappa shape index (κ1) is 16.8. The van der Waals surface area contributed by atoms with Gasteiger partial charge in [-0.2, -0.15) is 0 Å². The van der Waals surface area contributed by atoms with E-state index in [9.17, 15) is 4.79 Å². The second-order valence-electron chi connectivity index (χ2n) is 5.98. The minimum Gasteiger partial charge on any atom is -0.489 e. The third-order valence-corrected chi connectivity index (χ3v) is 3.87. The normalized spacial score (nSPS) is 10.5. The van der Waals surface area contributed by atoms with Gasteiger partial charge in [0, 0.05) is 12.6 Å². The smallest absolute Gasteiger partial charge is 0.254 e. The molecule has 0 aliphatic carbocycles. The summed E-state index contributed by atoms with van der Waals surface area (Å²) in [6.07, 6.45) is 0. The van der Waals surface area contributed by atoms with Crippen LogP contribution in [0.5, 0.6) is 5.75 Å². The Morgan fingerprint density at radius 3 is 2.56 bits per heavy atom. The van der Waals surface area contributed by atoms with E-state index in [0.717, 1.165) is 17.1 Å². The topological polar surface area (TPSA) is 42.7 Å². The van der Waals surface area contributed by atoms with E-state index in [1.165, 1.54) is 0 Å². The van der Waals surface area contributed by atoms with Gasteiger partial charge < -0.3 is 14.1 Å². The van der Waals surface area contributed by atoms with Crippen molar-refractivity contribution in [2.24, 2.45) is 0 Å². The van der Waals surface area contributed by atoms with Gasteiger partial charge in [-0.15, -0.1) is 0 Å². The Bertz CT molecular complexity index is 839. The Morgan fingerprint density at radius 1 is 1.04 bits per heavy atom. The molecule has 0 spiro atoms. The SMILES string of the molecule is Cc1ccc(CN(C)C(=O)c2cccc(OCc3ccccc3)c2)o1. The lowest BCUT2D eigenvalue weighted by Crippen LogP contribution is -2.25. The molecule has 0 bridgehead atoms. The number of carbonyl (C=O) groups is 1. The Balaban J connectivity index is 1.64. The molecule has 0 atom stereocenters. The van der Waals surface area contributed by atoms with Crippen LogP contribution in [0.1, 0.15) is 27.4 Å². The molecule has 1 aromatic heterocycles. The molecule has 0 unspecified atom stereocenters. The lowest BCUT2D eigenvalue weighted by atomic mass is 10.2. The fourth-order valence-electron chi connectivity index (χ4n) is 2.56. The highest BCUT2D eigenvalue weighted by molar-refractivity contribution is 5.94. The Hall–Kier alpha value is -3.01. The summed E-state index contributed by atoms with van der Waals surface area (Å²) in [6.45, 7) is 2.79. The quantitative estimate of drug-likeness (QED) is 0.669. The molecule has 1 amide bonds. The largest absolute Gasteiger partial charge is 0.489 e. The Kier molecular flexibility index (Phi) is 5.19. The van der Waals surface area contributed by atoms with Crippen molar-refractivity contribution in [3.05, 3.63) is 89.4 Å². The molecule has 0 N–H and O–H groups in total. The minimum absolute atomic E-state index is 0.0702. The first-order valence-corrected chi connectivity index (χ1v) is 8.19. The molecule has 4 heteroatoms. The van der Waals surface area contributed by atoms with Gasteiger partial charge in [0.1, 0.15) is 23.9 Å². The molecule has 4 nitrogen and oxygen atoms in total. The van der Waals surface area contributed by atoms with E-state index < -0.39 is 0 Å². The van der Waals surface area contributed by atoms with Crippen molar-refractivity contribution < 1.29 is 13.9 Å². The van der Waals surface area contributed by atoms with Crippen LogP contribution < -0.4 is 4.74 Å². The van der Waals surface area contributed by atoms with Crippen LogP contribution in [0.3, 0.4) is 0 Å². The van der Waals surface area contributed by atoms with E-state index in [4.69, 9.17) is 9.15 Å².